The molecule has 0 amide bonds. The van der Waals surface area contributed by atoms with Crippen LogP contribution in [0, 0.1) is 0 Å². The molecule has 1 aliphatic carbocycles. The Hall–Kier alpha value is -6.20. The summed E-state index contributed by atoms with van der Waals surface area (Å²) >= 11 is 1.95. The first-order valence-corrected chi connectivity index (χ1v) is 26.8. The number of anilines is 3. The molecule has 1 aliphatic rings. The van der Waals surface area contributed by atoms with Crippen LogP contribution in [0.2, 0.25) is 19.6 Å². The van der Waals surface area contributed by atoms with Gasteiger partial charge in [-0.2, -0.15) is 0 Å². The fourth-order valence-electron chi connectivity index (χ4n) is 10.1. The second kappa shape index (κ2) is 14.7. The Balaban J connectivity index is 1.02. The van der Waals surface area contributed by atoms with Crippen molar-refractivity contribution in [1.29, 1.82) is 0 Å². The van der Waals surface area contributed by atoms with E-state index in [1.165, 1.54) is 82.7 Å². The number of thiophene rings is 1. The number of fused-ring (bicyclic) bond motifs is 7. The van der Waals surface area contributed by atoms with Crippen LogP contribution in [0.15, 0.2) is 174 Å². The molecule has 0 atom stereocenters. The van der Waals surface area contributed by atoms with E-state index in [1.807, 2.05) is 11.3 Å². The maximum absolute atomic E-state index is 6.53. The summed E-state index contributed by atoms with van der Waals surface area (Å²) in [7, 11) is -1.51. The van der Waals surface area contributed by atoms with Gasteiger partial charge in [-0.05, 0) is 117 Å². The fourth-order valence-corrected chi connectivity index (χ4v) is 12.5. The predicted octanol–water partition coefficient (Wildman–Crippen LogP) is 17.3. The number of furan rings is 1. The van der Waals surface area contributed by atoms with Crippen molar-refractivity contribution >= 4 is 83.8 Å². The van der Waals surface area contributed by atoms with Gasteiger partial charge in [0.05, 0.1) is 13.8 Å². The molecule has 0 unspecified atom stereocenters. The van der Waals surface area contributed by atoms with Crippen LogP contribution >= 0.6 is 11.3 Å². The molecule has 2 heterocycles. The van der Waals surface area contributed by atoms with Gasteiger partial charge in [0.15, 0.2) is 0 Å². The van der Waals surface area contributed by atoms with Crippen molar-refractivity contribution in [2.75, 3.05) is 4.90 Å². The smallest absolute Gasteiger partial charge is 0.135 e. The molecule has 0 radical (unpaired) electrons. The van der Waals surface area contributed by atoms with Crippen LogP contribution in [-0.2, 0) is 10.8 Å². The summed E-state index contributed by atoms with van der Waals surface area (Å²) in [5, 5.41) is 6.43. The van der Waals surface area contributed by atoms with E-state index in [-0.39, 0.29) is 10.8 Å². The monoisotopic (exact) mass is 851 g/mol. The molecule has 310 valence electrons. The summed E-state index contributed by atoms with van der Waals surface area (Å²) < 4.78 is 9.28. The van der Waals surface area contributed by atoms with E-state index in [0.29, 0.717) is 0 Å². The van der Waals surface area contributed by atoms with Crippen LogP contribution in [-0.4, -0.2) is 8.07 Å². The highest BCUT2D eigenvalue weighted by Crippen LogP contribution is 2.50. The molecule has 0 aliphatic heterocycles. The number of benzene rings is 8. The third-order valence-electron chi connectivity index (χ3n) is 13.9. The lowest BCUT2D eigenvalue weighted by Crippen LogP contribution is -2.37. The van der Waals surface area contributed by atoms with Crippen LogP contribution < -0.4 is 10.1 Å². The van der Waals surface area contributed by atoms with E-state index in [1.54, 1.807) is 0 Å². The minimum Gasteiger partial charge on any atom is -0.456 e. The maximum Gasteiger partial charge on any atom is 0.135 e. The Labute approximate surface area is 376 Å². The average Bonchev–Trinajstić information content (AvgIpc) is 3.86. The van der Waals surface area contributed by atoms with E-state index < -0.39 is 8.07 Å². The van der Waals surface area contributed by atoms with Gasteiger partial charge in [-0.3, -0.25) is 0 Å². The zero-order valence-electron chi connectivity index (χ0n) is 37.3. The van der Waals surface area contributed by atoms with E-state index in [2.05, 4.69) is 222 Å². The van der Waals surface area contributed by atoms with E-state index in [4.69, 9.17) is 4.42 Å². The van der Waals surface area contributed by atoms with Crippen molar-refractivity contribution in [2.45, 2.75) is 71.0 Å². The average molecular weight is 852 g/mol. The lowest BCUT2D eigenvalue weighted by molar-refractivity contribution is 0.332. The van der Waals surface area contributed by atoms with Gasteiger partial charge in [-0.1, -0.05) is 168 Å². The van der Waals surface area contributed by atoms with Gasteiger partial charge in [0.25, 0.3) is 0 Å². The second-order valence-corrected chi connectivity index (χ2v) is 26.2. The fraction of sp³-hybridized carbons (Fsp3) is 0.186. The topological polar surface area (TPSA) is 16.4 Å². The van der Waals surface area contributed by atoms with Crippen molar-refractivity contribution in [1.82, 2.24) is 0 Å². The molecule has 0 N–H and O–H groups in total. The first-order valence-electron chi connectivity index (χ1n) is 22.4. The minimum absolute atomic E-state index is 0.177. The first kappa shape index (κ1) is 39.6. The van der Waals surface area contributed by atoms with Crippen molar-refractivity contribution in [3.63, 3.8) is 0 Å². The highest BCUT2D eigenvalue weighted by Gasteiger charge is 2.37. The molecule has 63 heavy (non-hydrogen) atoms. The molecule has 11 rings (SSSR count). The largest absolute Gasteiger partial charge is 0.456 e. The van der Waals surface area contributed by atoms with Gasteiger partial charge >= 0.3 is 0 Å². The third kappa shape index (κ3) is 6.83. The summed E-state index contributed by atoms with van der Waals surface area (Å²) in [6.07, 6.45) is 2.44. The Morgan fingerprint density at radius 1 is 0.476 bits per heavy atom. The molecule has 0 fully saturated rings. The molecule has 0 saturated carbocycles. The van der Waals surface area contributed by atoms with Gasteiger partial charge in [0.1, 0.15) is 11.2 Å². The standard InChI is InChI=1S/C59H53NOSSi/c1-58(2)32-33-59(3,4)52-37-56-50(36-51(52)58)48-18-13-17-46(57(48)62-56)41-22-20-40(21-23-41)45-16-11-12-19-53(45)60(42-26-24-39(25-27-42)38-14-9-8-10-15-38)43-28-31-54-49(34-43)47-30-29-44(63(5,6)7)35-55(47)61-54/h8-31,34-37H,32-33H2,1-7H3. The zero-order chi connectivity index (χ0) is 43.3. The molecule has 0 spiro atoms. The summed E-state index contributed by atoms with van der Waals surface area (Å²) in [5.74, 6) is 0. The van der Waals surface area contributed by atoms with Crippen LogP contribution in [0.25, 0.3) is 75.5 Å². The summed E-state index contributed by atoms with van der Waals surface area (Å²) in [6.45, 7) is 16.9. The van der Waals surface area contributed by atoms with Gasteiger partial charge < -0.3 is 9.32 Å². The number of nitrogens with zero attached hydrogens (tertiary/aromatic N) is 1. The Bertz CT molecular complexity index is 3360. The third-order valence-corrected chi connectivity index (χ3v) is 17.2. The molecule has 0 bridgehead atoms. The molecule has 8 aromatic carbocycles. The summed E-state index contributed by atoms with van der Waals surface area (Å²) in [6, 6.07) is 63.1. The molecular weight excluding hydrogens is 799 g/mol. The number of rotatable bonds is 7. The highest BCUT2D eigenvalue weighted by molar-refractivity contribution is 7.26. The summed E-state index contributed by atoms with van der Waals surface area (Å²) in [4.78, 5) is 2.41. The number of hydrogen-bond acceptors (Lipinski definition) is 3. The van der Waals surface area contributed by atoms with Crippen LogP contribution in [0.5, 0.6) is 0 Å². The van der Waals surface area contributed by atoms with Crippen molar-refractivity contribution in [2.24, 2.45) is 0 Å². The van der Waals surface area contributed by atoms with Crippen molar-refractivity contribution in [3.8, 4) is 33.4 Å². The molecule has 2 nitrogen and oxygen atoms in total. The second-order valence-electron chi connectivity index (χ2n) is 20.0. The molecule has 10 aromatic rings. The SMILES string of the molecule is CC1(C)CCC(C)(C)c2cc3c(cc21)sc1c(-c2ccc(-c4ccccc4N(c4ccc(-c5ccccc5)cc4)c4ccc5oc6cc([Si](C)(C)C)ccc6c5c4)cc2)cccc13. The lowest BCUT2D eigenvalue weighted by Gasteiger charge is -2.41. The number of hydrogen-bond donors (Lipinski definition) is 0. The molecule has 0 saturated heterocycles. The highest BCUT2D eigenvalue weighted by atomic mass is 32.1. The van der Waals surface area contributed by atoms with Gasteiger partial charge in [-0.15, -0.1) is 11.3 Å². The van der Waals surface area contributed by atoms with Crippen LogP contribution in [0.3, 0.4) is 0 Å². The summed E-state index contributed by atoms with van der Waals surface area (Å²) in [5.41, 5.74) is 15.8. The minimum atomic E-state index is -1.51. The first-order chi connectivity index (χ1) is 30.3. The molecule has 2 aromatic heterocycles. The van der Waals surface area contributed by atoms with Crippen molar-refractivity contribution in [3.05, 3.63) is 181 Å². The molecule has 4 heteroatoms. The van der Waals surface area contributed by atoms with E-state index >= 15 is 0 Å². The van der Waals surface area contributed by atoms with Crippen LogP contribution in [0.1, 0.15) is 51.7 Å². The Morgan fingerprint density at radius 2 is 1.10 bits per heavy atom. The lowest BCUT2D eigenvalue weighted by atomic mass is 9.63. The van der Waals surface area contributed by atoms with Crippen molar-refractivity contribution < 1.29 is 4.42 Å². The van der Waals surface area contributed by atoms with E-state index in [9.17, 15) is 0 Å². The van der Waals surface area contributed by atoms with Gasteiger partial charge in [0, 0.05) is 47.9 Å². The quantitative estimate of drug-likeness (QED) is 0.149. The molecular formula is C59H53NOSSi. The number of para-hydroxylation sites is 1. The van der Waals surface area contributed by atoms with Gasteiger partial charge in [-0.25, -0.2) is 0 Å². The van der Waals surface area contributed by atoms with Crippen LogP contribution in [0.4, 0.5) is 17.1 Å². The Kier molecular flexibility index (Phi) is 9.24. The zero-order valence-corrected chi connectivity index (χ0v) is 39.2. The normalized spacial score (nSPS) is 14.7. The predicted molar refractivity (Wildman–Crippen MR) is 276 cm³/mol. The maximum atomic E-state index is 6.53. The van der Waals surface area contributed by atoms with E-state index in [0.717, 1.165) is 39.0 Å². The Morgan fingerprint density at radius 3 is 1.83 bits per heavy atom. The van der Waals surface area contributed by atoms with Gasteiger partial charge in [0.2, 0.25) is 0 Å².